The van der Waals surface area contributed by atoms with Gasteiger partial charge in [0.15, 0.2) is 0 Å². The van der Waals surface area contributed by atoms with Crippen LogP contribution in [0.15, 0.2) is 66.7 Å². The van der Waals surface area contributed by atoms with Gasteiger partial charge in [-0.3, -0.25) is 9.59 Å². The molecule has 0 unspecified atom stereocenters. The van der Waals surface area contributed by atoms with Crippen molar-refractivity contribution in [2.75, 3.05) is 7.11 Å². The fourth-order valence-electron chi connectivity index (χ4n) is 2.96. The molecule has 0 aliphatic carbocycles. The molecule has 3 rings (SSSR count). The summed E-state index contributed by atoms with van der Waals surface area (Å²) in [6, 6.07) is 17.7. The van der Waals surface area contributed by atoms with E-state index >= 15 is 0 Å². The lowest BCUT2D eigenvalue weighted by Crippen LogP contribution is -2.15. The second-order valence-corrected chi connectivity index (χ2v) is 6.45. The largest absolute Gasteiger partial charge is 0.508 e. The Bertz CT molecular complexity index is 1020. The number of Topliss-reactive ketones (excluding diaryl/α,β-unsaturated/α-hetero) is 2. The van der Waals surface area contributed by atoms with Crippen LogP contribution in [-0.2, 0) is 12.8 Å². The molecule has 3 aromatic rings. The number of aryl methyl sites for hydroxylation is 2. The molecule has 28 heavy (non-hydrogen) atoms. The molecule has 0 aliphatic heterocycles. The van der Waals surface area contributed by atoms with Crippen molar-refractivity contribution in [1.29, 1.82) is 0 Å². The van der Waals surface area contributed by atoms with Gasteiger partial charge in [-0.15, -0.1) is 0 Å². The lowest BCUT2D eigenvalue weighted by molar-refractivity contribution is 0.0816. The number of hydrogen-bond donors (Lipinski definition) is 2. The van der Waals surface area contributed by atoms with Gasteiger partial charge in [0, 0.05) is 11.1 Å². The van der Waals surface area contributed by atoms with E-state index in [9.17, 15) is 19.8 Å². The summed E-state index contributed by atoms with van der Waals surface area (Å²) < 4.78 is 5.28. The number of carbonyl (C=O) groups excluding carboxylic acids is 2. The molecule has 0 aromatic heterocycles. The van der Waals surface area contributed by atoms with Crippen molar-refractivity contribution in [3.8, 4) is 17.2 Å². The third kappa shape index (κ3) is 4.57. The Hall–Kier alpha value is -3.60. The molecule has 3 aromatic carbocycles. The maximum atomic E-state index is 12.7. The molecular formula is C23H20O5. The highest BCUT2D eigenvalue weighted by atomic mass is 16.5. The first-order valence-electron chi connectivity index (χ1n) is 8.80. The van der Waals surface area contributed by atoms with Gasteiger partial charge in [0.25, 0.3) is 0 Å². The van der Waals surface area contributed by atoms with E-state index in [1.54, 1.807) is 24.3 Å². The molecule has 0 spiro atoms. The van der Waals surface area contributed by atoms with E-state index in [1.165, 1.54) is 37.4 Å². The molecule has 5 heteroatoms. The highest BCUT2D eigenvalue weighted by Crippen LogP contribution is 2.22. The summed E-state index contributed by atoms with van der Waals surface area (Å²) in [5, 5.41) is 19.1. The number of hydrogen-bond acceptors (Lipinski definition) is 5. The first-order valence-corrected chi connectivity index (χ1v) is 8.80. The molecule has 0 atom stereocenters. The van der Waals surface area contributed by atoms with Gasteiger partial charge in [0.05, 0.1) is 7.11 Å². The minimum Gasteiger partial charge on any atom is -0.508 e. The molecule has 142 valence electrons. The summed E-state index contributed by atoms with van der Waals surface area (Å²) in [4.78, 5) is 25.2. The summed E-state index contributed by atoms with van der Waals surface area (Å²) in [6.07, 6.45) is 1.27. The Kier molecular flexibility index (Phi) is 5.75. The summed E-state index contributed by atoms with van der Waals surface area (Å²) in [5.74, 6) is -0.738. The Balaban J connectivity index is 1.83. The van der Waals surface area contributed by atoms with Gasteiger partial charge < -0.3 is 14.9 Å². The standard InChI is InChI=1S/C23H20O5/c1-28-21-12-16(9-8-15-4-2-6-19(24)11-15)10-18(14-21)23(27)22(26)17-5-3-7-20(25)13-17/h2-7,10-14,24-25H,8-9H2,1H3. The van der Waals surface area contributed by atoms with Crippen LogP contribution in [0.25, 0.3) is 0 Å². The van der Waals surface area contributed by atoms with Crippen LogP contribution in [0.2, 0.25) is 0 Å². The molecule has 0 saturated heterocycles. The third-order valence-corrected chi connectivity index (χ3v) is 4.39. The zero-order valence-corrected chi connectivity index (χ0v) is 15.4. The van der Waals surface area contributed by atoms with Gasteiger partial charge >= 0.3 is 0 Å². The van der Waals surface area contributed by atoms with Crippen LogP contribution in [0.5, 0.6) is 17.2 Å². The number of ketones is 2. The van der Waals surface area contributed by atoms with E-state index in [1.807, 2.05) is 12.1 Å². The molecule has 0 heterocycles. The lowest BCUT2D eigenvalue weighted by atomic mass is 9.97. The maximum absolute atomic E-state index is 12.7. The van der Waals surface area contributed by atoms with Crippen molar-refractivity contribution in [3.05, 3.63) is 89.0 Å². The van der Waals surface area contributed by atoms with Crippen LogP contribution in [0.4, 0.5) is 0 Å². The molecule has 0 radical (unpaired) electrons. The van der Waals surface area contributed by atoms with Gasteiger partial charge in [-0.25, -0.2) is 0 Å². The quantitative estimate of drug-likeness (QED) is 0.482. The number of benzene rings is 3. The number of phenolic OH excluding ortho intramolecular Hbond substituents is 2. The Morgan fingerprint density at radius 3 is 2.07 bits per heavy atom. The van der Waals surface area contributed by atoms with E-state index in [2.05, 4.69) is 0 Å². The molecule has 0 saturated carbocycles. The summed E-state index contributed by atoms with van der Waals surface area (Å²) >= 11 is 0. The average Bonchev–Trinajstić information content (AvgIpc) is 2.71. The van der Waals surface area contributed by atoms with Crippen molar-refractivity contribution < 1.29 is 24.5 Å². The topological polar surface area (TPSA) is 83.8 Å². The third-order valence-electron chi connectivity index (χ3n) is 4.39. The first-order chi connectivity index (χ1) is 13.5. The summed E-state index contributed by atoms with van der Waals surface area (Å²) in [7, 11) is 1.50. The Labute approximate surface area is 162 Å². The summed E-state index contributed by atoms with van der Waals surface area (Å²) in [5.41, 5.74) is 2.18. The molecule has 0 aliphatic rings. The van der Waals surface area contributed by atoms with E-state index in [0.717, 1.165) is 11.1 Å². The molecule has 0 amide bonds. The van der Waals surface area contributed by atoms with Gasteiger partial charge in [-0.05, 0) is 66.4 Å². The van der Waals surface area contributed by atoms with Crippen molar-refractivity contribution in [3.63, 3.8) is 0 Å². The zero-order valence-electron chi connectivity index (χ0n) is 15.4. The van der Waals surface area contributed by atoms with Crippen molar-refractivity contribution in [2.45, 2.75) is 12.8 Å². The van der Waals surface area contributed by atoms with Crippen molar-refractivity contribution in [2.24, 2.45) is 0 Å². The van der Waals surface area contributed by atoms with Crippen LogP contribution >= 0.6 is 0 Å². The molecular weight excluding hydrogens is 356 g/mol. The predicted octanol–water partition coefficient (Wildman–Crippen LogP) is 3.96. The maximum Gasteiger partial charge on any atom is 0.233 e. The molecule has 0 bridgehead atoms. The first kappa shape index (κ1) is 19.2. The second-order valence-electron chi connectivity index (χ2n) is 6.45. The molecule has 5 nitrogen and oxygen atoms in total. The van der Waals surface area contributed by atoms with Crippen LogP contribution in [0.3, 0.4) is 0 Å². The normalized spacial score (nSPS) is 10.5. The number of ether oxygens (including phenoxy) is 1. The lowest BCUT2D eigenvalue weighted by Gasteiger charge is -2.09. The van der Waals surface area contributed by atoms with E-state index < -0.39 is 11.6 Å². The zero-order chi connectivity index (χ0) is 20.1. The van der Waals surface area contributed by atoms with Gasteiger partial charge in [0.2, 0.25) is 11.6 Å². The van der Waals surface area contributed by atoms with Crippen LogP contribution in [-0.4, -0.2) is 28.9 Å². The van der Waals surface area contributed by atoms with Crippen LogP contribution < -0.4 is 4.74 Å². The predicted molar refractivity (Wildman–Crippen MR) is 105 cm³/mol. The number of methoxy groups -OCH3 is 1. The molecule has 2 N–H and O–H groups in total. The van der Waals surface area contributed by atoms with Crippen molar-refractivity contribution in [1.82, 2.24) is 0 Å². The smallest absolute Gasteiger partial charge is 0.233 e. The SMILES string of the molecule is COc1cc(CCc2cccc(O)c2)cc(C(=O)C(=O)c2cccc(O)c2)c1. The van der Waals surface area contributed by atoms with E-state index in [-0.39, 0.29) is 22.6 Å². The van der Waals surface area contributed by atoms with E-state index in [4.69, 9.17) is 4.74 Å². The summed E-state index contributed by atoms with van der Waals surface area (Å²) in [6.45, 7) is 0. The Morgan fingerprint density at radius 1 is 0.750 bits per heavy atom. The van der Waals surface area contributed by atoms with Gasteiger partial charge in [-0.1, -0.05) is 24.3 Å². The highest BCUT2D eigenvalue weighted by Gasteiger charge is 2.20. The number of rotatable bonds is 7. The Morgan fingerprint density at radius 2 is 1.39 bits per heavy atom. The highest BCUT2D eigenvalue weighted by molar-refractivity contribution is 6.49. The fraction of sp³-hybridized carbons (Fsp3) is 0.130. The van der Waals surface area contributed by atoms with Gasteiger partial charge in [0.1, 0.15) is 17.2 Å². The van der Waals surface area contributed by atoms with Crippen molar-refractivity contribution >= 4 is 11.6 Å². The fourth-order valence-corrected chi connectivity index (χ4v) is 2.96. The molecule has 0 fully saturated rings. The van der Waals surface area contributed by atoms with Gasteiger partial charge in [-0.2, -0.15) is 0 Å². The average molecular weight is 376 g/mol. The second kappa shape index (κ2) is 8.39. The number of carbonyl (C=O) groups is 2. The number of aromatic hydroxyl groups is 2. The van der Waals surface area contributed by atoms with E-state index in [0.29, 0.717) is 18.6 Å². The monoisotopic (exact) mass is 376 g/mol. The number of phenols is 2. The minimum absolute atomic E-state index is 0.0731. The minimum atomic E-state index is -0.692. The van der Waals surface area contributed by atoms with Crippen LogP contribution in [0, 0.1) is 0 Å². The van der Waals surface area contributed by atoms with Crippen LogP contribution in [0.1, 0.15) is 31.8 Å².